The molecule has 0 aliphatic rings. The van der Waals surface area contributed by atoms with Crippen molar-refractivity contribution in [3.8, 4) is 5.69 Å². The third-order valence-electron chi connectivity index (χ3n) is 5.17. The van der Waals surface area contributed by atoms with Crippen molar-refractivity contribution in [3.63, 3.8) is 0 Å². The number of aromatic amines is 1. The van der Waals surface area contributed by atoms with E-state index in [1.807, 2.05) is 6.92 Å². The molecule has 33 heavy (non-hydrogen) atoms. The molecule has 0 bridgehead atoms. The fourth-order valence-electron chi connectivity index (χ4n) is 3.62. The molecule has 2 N–H and O–H groups in total. The molecule has 0 saturated heterocycles. The van der Waals surface area contributed by atoms with E-state index in [4.69, 9.17) is 39.8 Å². The van der Waals surface area contributed by atoms with Crippen molar-refractivity contribution in [2.75, 3.05) is 5.32 Å². The molecule has 1 unspecified atom stereocenters. The number of H-pyrrole nitrogens is 1. The standard InChI is InChI=1S/C21H15Cl3N8O/c1-2-13(29-19-18-14(25-9-26-19)5-6-15(24)30-18)20-31-17-12(23)4-3-11(22)16(17)21(33)32(20)10-7-27-28-8-10/h3-9,13H,2H2,1H3,(H,27,28)(H,25,26,29). The van der Waals surface area contributed by atoms with E-state index in [2.05, 4.69) is 30.5 Å². The highest BCUT2D eigenvalue weighted by Gasteiger charge is 2.24. The van der Waals surface area contributed by atoms with E-state index in [0.29, 0.717) is 50.5 Å². The summed E-state index contributed by atoms with van der Waals surface area (Å²) in [5.41, 5.74) is 1.59. The average molecular weight is 502 g/mol. The Bertz CT molecular complexity index is 1550. The van der Waals surface area contributed by atoms with Gasteiger partial charge in [-0.3, -0.25) is 14.5 Å². The van der Waals surface area contributed by atoms with Crippen LogP contribution < -0.4 is 10.9 Å². The Labute approximate surface area is 201 Å². The lowest BCUT2D eigenvalue weighted by Gasteiger charge is -2.22. The van der Waals surface area contributed by atoms with Crippen molar-refractivity contribution in [2.24, 2.45) is 0 Å². The fourth-order valence-corrected chi connectivity index (χ4v) is 4.20. The van der Waals surface area contributed by atoms with Crippen molar-refractivity contribution in [1.29, 1.82) is 0 Å². The van der Waals surface area contributed by atoms with E-state index in [-0.39, 0.29) is 16.0 Å². The second-order valence-electron chi connectivity index (χ2n) is 7.15. The summed E-state index contributed by atoms with van der Waals surface area (Å²) in [6, 6.07) is 6.15. The smallest absolute Gasteiger partial charge is 0.267 e. The first kappa shape index (κ1) is 21.6. The zero-order valence-electron chi connectivity index (χ0n) is 17.1. The maximum absolute atomic E-state index is 13.6. The Kier molecular flexibility index (Phi) is 5.61. The third kappa shape index (κ3) is 3.78. The molecule has 12 heteroatoms. The highest BCUT2D eigenvalue weighted by atomic mass is 35.5. The van der Waals surface area contributed by atoms with E-state index < -0.39 is 6.04 Å². The minimum Gasteiger partial charge on any atom is -0.358 e. The number of nitrogens with one attached hydrogen (secondary N) is 2. The lowest BCUT2D eigenvalue weighted by atomic mass is 10.1. The third-order valence-corrected chi connectivity index (χ3v) is 6.00. The highest BCUT2D eigenvalue weighted by molar-refractivity contribution is 6.39. The summed E-state index contributed by atoms with van der Waals surface area (Å²) in [6.07, 6.45) is 5.12. The van der Waals surface area contributed by atoms with Gasteiger partial charge in [-0.1, -0.05) is 41.7 Å². The molecule has 5 rings (SSSR count). The first-order chi connectivity index (χ1) is 16.0. The van der Waals surface area contributed by atoms with E-state index in [1.54, 1.807) is 30.5 Å². The largest absolute Gasteiger partial charge is 0.358 e. The van der Waals surface area contributed by atoms with E-state index in [9.17, 15) is 4.79 Å². The van der Waals surface area contributed by atoms with Crippen LogP contribution in [-0.4, -0.2) is 34.7 Å². The van der Waals surface area contributed by atoms with E-state index in [0.717, 1.165) is 0 Å². The first-order valence-corrected chi connectivity index (χ1v) is 11.0. The molecule has 1 atom stereocenters. The molecule has 0 fully saturated rings. The van der Waals surface area contributed by atoms with Gasteiger partial charge in [0.1, 0.15) is 22.8 Å². The van der Waals surface area contributed by atoms with Crippen LogP contribution in [0, 0.1) is 0 Å². The topological polar surface area (TPSA) is 114 Å². The summed E-state index contributed by atoms with van der Waals surface area (Å²) in [7, 11) is 0. The van der Waals surface area contributed by atoms with Gasteiger partial charge in [-0.25, -0.2) is 19.9 Å². The SMILES string of the molecule is CCC(Nc1ncnc2ccc(Cl)nc12)c1nc2c(Cl)ccc(Cl)c2c(=O)n1-c1cn[nH]c1. The van der Waals surface area contributed by atoms with Crippen LogP contribution in [0.25, 0.3) is 27.6 Å². The number of rotatable bonds is 5. The summed E-state index contributed by atoms with van der Waals surface area (Å²) in [5.74, 6) is 0.869. The van der Waals surface area contributed by atoms with Crippen molar-refractivity contribution in [2.45, 2.75) is 19.4 Å². The van der Waals surface area contributed by atoms with Gasteiger partial charge in [0.2, 0.25) is 0 Å². The Morgan fingerprint density at radius 2 is 1.88 bits per heavy atom. The van der Waals surface area contributed by atoms with Gasteiger partial charge in [0, 0.05) is 6.20 Å². The van der Waals surface area contributed by atoms with Gasteiger partial charge in [0.05, 0.1) is 44.4 Å². The number of pyridine rings is 1. The Hall–Kier alpha value is -3.27. The molecule has 0 spiro atoms. The van der Waals surface area contributed by atoms with Crippen LogP contribution in [0.5, 0.6) is 0 Å². The molecule has 5 aromatic rings. The number of hydrogen-bond donors (Lipinski definition) is 2. The van der Waals surface area contributed by atoms with Gasteiger partial charge >= 0.3 is 0 Å². The molecule has 0 aliphatic heterocycles. The van der Waals surface area contributed by atoms with Crippen molar-refractivity contribution >= 4 is 62.6 Å². The van der Waals surface area contributed by atoms with Crippen LogP contribution in [-0.2, 0) is 0 Å². The van der Waals surface area contributed by atoms with E-state index in [1.165, 1.54) is 17.1 Å². The van der Waals surface area contributed by atoms with Crippen LogP contribution in [0.2, 0.25) is 15.2 Å². The second-order valence-corrected chi connectivity index (χ2v) is 8.35. The Morgan fingerprint density at radius 3 is 2.64 bits per heavy atom. The average Bonchev–Trinajstić information content (AvgIpc) is 3.34. The molecule has 4 aromatic heterocycles. The molecule has 0 radical (unpaired) electrons. The minimum absolute atomic E-state index is 0.227. The minimum atomic E-state index is -0.453. The monoisotopic (exact) mass is 500 g/mol. The quantitative estimate of drug-likeness (QED) is 0.327. The van der Waals surface area contributed by atoms with E-state index >= 15 is 0 Å². The molecule has 0 amide bonds. The summed E-state index contributed by atoms with van der Waals surface area (Å²) < 4.78 is 1.46. The molecule has 9 nitrogen and oxygen atoms in total. The number of anilines is 1. The zero-order chi connectivity index (χ0) is 23.1. The van der Waals surface area contributed by atoms with Gasteiger partial charge in [0.25, 0.3) is 5.56 Å². The molecule has 4 heterocycles. The van der Waals surface area contributed by atoms with Gasteiger partial charge in [-0.15, -0.1) is 0 Å². The summed E-state index contributed by atoms with van der Waals surface area (Å²) in [4.78, 5) is 31.3. The maximum Gasteiger partial charge on any atom is 0.267 e. The lowest BCUT2D eigenvalue weighted by Crippen LogP contribution is -2.28. The van der Waals surface area contributed by atoms with Crippen molar-refractivity contribution in [3.05, 3.63) is 74.4 Å². The van der Waals surface area contributed by atoms with Crippen molar-refractivity contribution in [1.82, 2.24) is 34.7 Å². The summed E-state index contributed by atoms with van der Waals surface area (Å²) in [5, 5.41) is 11.2. The van der Waals surface area contributed by atoms with Crippen LogP contribution in [0.3, 0.4) is 0 Å². The number of aromatic nitrogens is 7. The van der Waals surface area contributed by atoms with Crippen LogP contribution >= 0.6 is 34.8 Å². The number of hydrogen-bond acceptors (Lipinski definition) is 7. The Morgan fingerprint density at radius 1 is 1.06 bits per heavy atom. The molecular weight excluding hydrogens is 487 g/mol. The summed E-state index contributed by atoms with van der Waals surface area (Å²) >= 11 is 18.9. The normalized spacial score (nSPS) is 12.4. The molecule has 0 aliphatic carbocycles. The van der Waals surface area contributed by atoms with Crippen LogP contribution in [0.15, 0.2) is 47.8 Å². The Balaban J connectivity index is 1.75. The van der Waals surface area contributed by atoms with Gasteiger partial charge in [-0.05, 0) is 30.7 Å². The maximum atomic E-state index is 13.6. The van der Waals surface area contributed by atoms with Gasteiger partial charge in [-0.2, -0.15) is 5.10 Å². The summed E-state index contributed by atoms with van der Waals surface area (Å²) in [6.45, 7) is 1.96. The van der Waals surface area contributed by atoms with Crippen LogP contribution in [0.1, 0.15) is 25.2 Å². The predicted molar refractivity (Wildman–Crippen MR) is 129 cm³/mol. The first-order valence-electron chi connectivity index (χ1n) is 9.91. The zero-order valence-corrected chi connectivity index (χ0v) is 19.3. The number of nitrogens with zero attached hydrogens (tertiary/aromatic N) is 6. The van der Waals surface area contributed by atoms with Crippen molar-refractivity contribution < 1.29 is 0 Å². The number of fused-ring (bicyclic) bond motifs is 2. The molecule has 0 saturated carbocycles. The number of benzene rings is 1. The number of halogens is 3. The molecule has 1 aromatic carbocycles. The van der Waals surface area contributed by atoms with Crippen LogP contribution in [0.4, 0.5) is 5.82 Å². The second kappa shape index (κ2) is 8.58. The predicted octanol–water partition coefficient (Wildman–Crippen LogP) is 4.97. The molecule has 166 valence electrons. The van der Waals surface area contributed by atoms with Gasteiger partial charge in [0.15, 0.2) is 5.82 Å². The lowest BCUT2D eigenvalue weighted by molar-refractivity contribution is 0.659. The molecular formula is C21H15Cl3N8O. The van der Waals surface area contributed by atoms with Gasteiger partial charge < -0.3 is 5.32 Å². The fraction of sp³-hybridized carbons (Fsp3) is 0.143. The highest BCUT2D eigenvalue weighted by Crippen LogP contribution is 2.30.